The number of carbonyl (C=O) groups is 1. The zero-order valence-corrected chi connectivity index (χ0v) is 15.9. The smallest absolute Gasteiger partial charge is 0.140 e. The average Bonchev–Trinajstić information content (AvgIpc) is 3.14. The van der Waals surface area contributed by atoms with Crippen molar-refractivity contribution in [2.75, 3.05) is 13.1 Å². The molecule has 1 saturated heterocycles. The highest BCUT2D eigenvalue weighted by atomic mass is 16.3. The molecule has 0 aromatic heterocycles. The second kappa shape index (κ2) is 4.47. The number of carbonyl (C=O) groups excluding carboxylic acids is 1. The molecule has 6 rings (SSSR count). The Labute approximate surface area is 155 Å². The fourth-order valence-electron chi connectivity index (χ4n) is 9.75. The second-order valence-corrected chi connectivity index (χ2v) is 10.7. The zero-order valence-electron chi connectivity index (χ0n) is 15.9. The van der Waals surface area contributed by atoms with Crippen LogP contribution < -0.4 is 0 Å². The number of hydrogen-bond donors (Lipinski definition) is 2. The number of aliphatic hydroxyl groups is 2. The van der Waals surface area contributed by atoms with Gasteiger partial charge in [-0.3, -0.25) is 9.69 Å². The first-order valence-corrected chi connectivity index (χ1v) is 10.6. The quantitative estimate of drug-likeness (QED) is 0.705. The van der Waals surface area contributed by atoms with Crippen LogP contribution in [0.1, 0.15) is 46.0 Å². The monoisotopic (exact) mass is 357 g/mol. The van der Waals surface area contributed by atoms with Crippen LogP contribution in [-0.4, -0.2) is 52.2 Å². The lowest BCUT2D eigenvalue weighted by molar-refractivity contribution is -0.211. The van der Waals surface area contributed by atoms with Crippen LogP contribution in [0.4, 0.5) is 0 Å². The molecule has 26 heavy (non-hydrogen) atoms. The van der Waals surface area contributed by atoms with Gasteiger partial charge in [-0.05, 0) is 61.0 Å². The maximum absolute atomic E-state index is 13.0. The first kappa shape index (κ1) is 16.3. The molecule has 0 aromatic carbocycles. The van der Waals surface area contributed by atoms with E-state index in [0.717, 1.165) is 44.3 Å². The van der Waals surface area contributed by atoms with Gasteiger partial charge in [0.1, 0.15) is 5.78 Å². The van der Waals surface area contributed by atoms with Crippen molar-refractivity contribution in [1.82, 2.24) is 4.90 Å². The van der Waals surface area contributed by atoms with Crippen LogP contribution in [0.25, 0.3) is 0 Å². The van der Waals surface area contributed by atoms with Gasteiger partial charge in [0.2, 0.25) is 0 Å². The Hall–Kier alpha value is -0.710. The van der Waals surface area contributed by atoms with Crippen molar-refractivity contribution < 1.29 is 15.0 Å². The number of ketones is 1. The highest BCUT2D eigenvalue weighted by molar-refractivity contribution is 5.87. The third-order valence-electron chi connectivity index (χ3n) is 10.4. The fourth-order valence-corrected chi connectivity index (χ4v) is 9.75. The molecule has 7 bridgehead atoms. The van der Waals surface area contributed by atoms with Gasteiger partial charge in [0.05, 0.1) is 12.2 Å². The van der Waals surface area contributed by atoms with Gasteiger partial charge in [0.25, 0.3) is 0 Å². The first-order valence-electron chi connectivity index (χ1n) is 10.6. The third kappa shape index (κ3) is 1.33. The SMILES string of the molecule is C=C1[C@H]2C[C@]3([C@@H]1O)[C@@H](CC2=O)[C@@]12C4[C@@H]3C[C@@H]1[C@@](C)(CC[C@@H]2O)CN4CC. The summed E-state index contributed by atoms with van der Waals surface area (Å²) in [6.45, 7) is 10.9. The number of hydrogen-bond acceptors (Lipinski definition) is 4. The van der Waals surface area contributed by atoms with E-state index in [1.807, 2.05) is 0 Å². The van der Waals surface area contributed by atoms with Gasteiger partial charge in [-0.15, -0.1) is 0 Å². The van der Waals surface area contributed by atoms with E-state index in [1.165, 1.54) is 0 Å². The molecule has 6 fully saturated rings. The normalized spacial score (nSPS) is 62.7. The van der Waals surface area contributed by atoms with Crippen molar-refractivity contribution in [3.8, 4) is 0 Å². The standard InChI is InChI=1S/C22H31NO3/c1-4-23-10-20(3)6-5-17(25)22-15(20)7-13(18(22)23)21-9-12(11(2)19(21)26)14(24)8-16(21)22/h12-13,15-19,25-26H,2,4-10H2,1,3H3/t12-,13+,15-,16-,17+,18?,19-,20+,21-,22+/m1/s1. The van der Waals surface area contributed by atoms with Crippen molar-refractivity contribution in [3.05, 3.63) is 12.2 Å². The molecule has 5 aliphatic carbocycles. The van der Waals surface area contributed by atoms with Crippen molar-refractivity contribution in [1.29, 1.82) is 0 Å². The minimum absolute atomic E-state index is 0.130. The van der Waals surface area contributed by atoms with Crippen molar-refractivity contribution in [3.63, 3.8) is 0 Å². The Balaban J connectivity index is 1.62. The molecule has 4 heteroatoms. The lowest BCUT2D eigenvalue weighted by atomic mass is 9.43. The molecule has 142 valence electrons. The Morgan fingerprint density at radius 3 is 2.81 bits per heavy atom. The number of Topliss-reactive ketones (excluding diaryl/α,β-unsaturated/α-hetero) is 1. The largest absolute Gasteiger partial charge is 0.392 e. The van der Waals surface area contributed by atoms with E-state index in [2.05, 4.69) is 25.3 Å². The summed E-state index contributed by atoms with van der Waals surface area (Å²) in [5.41, 5.74) is 0.598. The first-order chi connectivity index (χ1) is 12.3. The number of nitrogens with zero attached hydrogens (tertiary/aromatic N) is 1. The Bertz CT molecular complexity index is 735. The Morgan fingerprint density at radius 1 is 1.31 bits per heavy atom. The Morgan fingerprint density at radius 2 is 2.08 bits per heavy atom. The van der Waals surface area contributed by atoms with Gasteiger partial charge in [-0.2, -0.15) is 0 Å². The molecule has 0 amide bonds. The molecule has 5 saturated carbocycles. The van der Waals surface area contributed by atoms with Gasteiger partial charge >= 0.3 is 0 Å². The maximum atomic E-state index is 13.0. The molecular weight excluding hydrogens is 326 g/mol. The van der Waals surface area contributed by atoms with Gasteiger partial charge in [0, 0.05) is 35.8 Å². The predicted molar refractivity (Wildman–Crippen MR) is 97.2 cm³/mol. The predicted octanol–water partition coefficient (Wildman–Crippen LogP) is 2.00. The van der Waals surface area contributed by atoms with Gasteiger partial charge < -0.3 is 10.2 Å². The number of aliphatic hydroxyl groups excluding tert-OH is 2. The summed E-state index contributed by atoms with van der Waals surface area (Å²) in [5, 5.41) is 22.8. The topological polar surface area (TPSA) is 60.8 Å². The molecule has 1 aliphatic heterocycles. The van der Waals surface area contributed by atoms with E-state index in [0.29, 0.717) is 24.3 Å². The number of rotatable bonds is 1. The van der Waals surface area contributed by atoms with Crippen LogP contribution in [-0.2, 0) is 4.79 Å². The number of fused-ring (bicyclic) bond motifs is 1. The van der Waals surface area contributed by atoms with E-state index >= 15 is 0 Å². The molecule has 6 aliphatic rings. The molecule has 4 nitrogen and oxygen atoms in total. The van der Waals surface area contributed by atoms with Crippen LogP contribution in [0.2, 0.25) is 0 Å². The lowest BCUT2D eigenvalue weighted by Crippen LogP contribution is -2.68. The summed E-state index contributed by atoms with van der Waals surface area (Å²) in [5.74, 6) is 1.16. The average molecular weight is 357 g/mol. The summed E-state index contributed by atoms with van der Waals surface area (Å²) in [7, 11) is 0. The van der Waals surface area contributed by atoms with Gasteiger partial charge in [0.15, 0.2) is 0 Å². The van der Waals surface area contributed by atoms with Crippen molar-refractivity contribution >= 4 is 5.78 Å². The molecule has 10 atom stereocenters. The highest BCUT2D eigenvalue weighted by Gasteiger charge is 2.85. The number of piperidine rings is 1. The van der Waals surface area contributed by atoms with Crippen LogP contribution in [0.5, 0.6) is 0 Å². The Kier molecular flexibility index (Phi) is 2.80. The van der Waals surface area contributed by atoms with E-state index in [9.17, 15) is 15.0 Å². The minimum Gasteiger partial charge on any atom is -0.392 e. The van der Waals surface area contributed by atoms with Crippen LogP contribution >= 0.6 is 0 Å². The molecule has 0 aromatic rings. The van der Waals surface area contributed by atoms with E-state index in [-0.39, 0.29) is 40.0 Å². The molecule has 1 heterocycles. The minimum atomic E-state index is -0.561. The molecule has 0 radical (unpaired) electrons. The van der Waals surface area contributed by atoms with Crippen molar-refractivity contribution in [2.45, 2.75) is 64.2 Å². The van der Waals surface area contributed by atoms with Crippen LogP contribution in [0.3, 0.4) is 0 Å². The summed E-state index contributed by atoms with van der Waals surface area (Å²) < 4.78 is 0. The van der Waals surface area contributed by atoms with Crippen molar-refractivity contribution in [2.24, 2.45) is 39.9 Å². The highest BCUT2D eigenvalue weighted by Crippen LogP contribution is 2.83. The molecule has 2 spiro atoms. The van der Waals surface area contributed by atoms with E-state index in [4.69, 9.17) is 0 Å². The van der Waals surface area contributed by atoms with Crippen LogP contribution in [0, 0.1) is 39.9 Å². The molecular formula is C22H31NO3. The lowest BCUT2D eigenvalue weighted by Gasteiger charge is -2.65. The number of likely N-dealkylation sites (tertiary alicyclic amines) is 1. The second-order valence-electron chi connectivity index (χ2n) is 10.7. The van der Waals surface area contributed by atoms with E-state index < -0.39 is 6.10 Å². The molecule has 2 N–H and O–H groups in total. The van der Waals surface area contributed by atoms with Gasteiger partial charge in [-0.25, -0.2) is 0 Å². The summed E-state index contributed by atoms with van der Waals surface area (Å²) in [4.78, 5) is 15.6. The summed E-state index contributed by atoms with van der Waals surface area (Å²) in [6.07, 6.45) is 3.50. The maximum Gasteiger partial charge on any atom is 0.140 e. The van der Waals surface area contributed by atoms with E-state index in [1.54, 1.807) is 0 Å². The zero-order chi connectivity index (χ0) is 18.2. The third-order valence-corrected chi connectivity index (χ3v) is 10.4. The summed E-state index contributed by atoms with van der Waals surface area (Å²) >= 11 is 0. The summed E-state index contributed by atoms with van der Waals surface area (Å²) in [6, 6.07) is 0.331. The van der Waals surface area contributed by atoms with Gasteiger partial charge in [-0.1, -0.05) is 20.4 Å². The molecule has 1 unspecified atom stereocenters. The fraction of sp³-hybridized carbons (Fsp3) is 0.864. The van der Waals surface area contributed by atoms with Crippen LogP contribution in [0.15, 0.2) is 12.2 Å².